The number of halogens is 1. The van der Waals surface area contributed by atoms with Crippen LogP contribution in [-0.4, -0.2) is 17.4 Å². The number of aromatic nitrogens is 1. The second-order valence-corrected chi connectivity index (χ2v) is 4.75. The number of aryl methyl sites for hydroxylation is 1. The maximum absolute atomic E-state index is 13.5. The summed E-state index contributed by atoms with van der Waals surface area (Å²) in [6.45, 7) is 4.52. The van der Waals surface area contributed by atoms with Crippen LogP contribution in [0.4, 0.5) is 15.9 Å². The van der Waals surface area contributed by atoms with Crippen molar-refractivity contribution in [2.75, 3.05) is 17.2 Å². The minimum atomic E-state index is -0.363. The van der Waals surface area contributed by atoms with Crippen LogP contribution in [0.2, 0.25) is 0 Å². The van der Waals surface area contributed by atoms with Gasteiger partial charge < -0.3 is 10.6 Å². The summed E-state index contributed by atoms with van der Waals surface area (Å²) in [4.78, 5) is 16.3. The van der Waals surface area contributed by atoms with Crippen molar-refractivity contribution >= 4 is 17.4 Å². The first kappa shape index (κ1) is 15.0. The second kappa shape index (κ2) is 6.83. The third kappa shape index (κ3) is 4.02. The zero-order valence-corrected chi connectivity index (χ0v) is 12.1. The normalized spacial score (nSPS) is 10.2. The molecule has 0 saturated heterocycles. The highest BCUT2D eigenvalue weighted by Gasteiger charge is 2.09. The minimum absolute atomic E-state index is 0.289. The smallest absolute Gasteiger partial charge is 0.274 e. The van der Waals surface area contributed by atoms with Crippen LogP contribution >= 0.6 is 0 Å². The maximum atomic E-state index is 13.5. The van der Waals surface area contributed by atoms with Gasteiger partial charge in [0.15, 0.2) is 0 Å². The van der Waals surface area contributed by atoms with Crippen molar-refractivity contribution in [1.29, 1.82) is 0 Å². The van der Waals surface area contributed by atoms with Gasteiger partial charge in [-0.15, -0.1) is 0 Å². The Morgan fingerprint density at radius 1 is 1.29 bits per heavy atom. The molecule has 4 nitrogen and oxygen atoms in total. The molecule has 1 aromatic heterocycles. The summed E-state index contributed by atoms with van der Waals surface area (Å²) in [5.74, 6) is -0.0582. The van der Waals surface area contributed by atoms with Gasteiger partial charge in [-0.25, -0.2) is 9.37 Å². The van der Waals surface area contributed by atoms with E-state index in [0.29, 0.717) is 17.1 Å². The van der Waals surface area contributed by atoms with E-state index >= 15 is 0 Å². The number of hydrogen-bond donors (Lipinski definition) is 2. The third-order valence-electron chi connectivity index (χ3n) is 2.97. The van der Waals surface area contributed by atoms with E-state index in [-0.39, 0.29) is 17.4 Å². The summed E-state index contributed by atoms with van der Waals surface area (Å²) in [6.07, 6.45) is 0.973. The number of amides is 1. The number of pyridine rings is 1. The SMILES string of the molecule is CCCNc1cccc(C(=O)Nc2ccc(C)c(F)c2)n1. The van der Waals surface area contributed by atoms with E-state index in [1.807, 2.05) is 0 Å². The van der Waals surface area contributed by atoms with Crippen LogP contribution in [0.1, 0.15) is 29.4 Å². The number of hydrogen-bond acceptors (Lipinski definition) is 3. The fourth-order valence-corrected chi connectivity index (χ4v) is 1.78. The lowest BCUT2D eigenvalue weighted by Crippen LogP contribution is -2.15. The lowest BCUT2D eigenvalue weighted by Gasteiger charge is -2.08. The highest BCUT2D eigenvalue weighted by molar-refractivity contribution is 6.03. The second-order valence-electron chi connectivity index (χ2n) is 4.75. The molecule has 21 heavy (non-hydrogen) atoms. The highest BCUT2D eigenvalue weighted by atomic mass is 19.1. The summed E-state index contributed by atoms with van der Waals surface area (Å²) in [5, 5.41) is 5.76. The quantitative estimate of drug-likeness (QED) is 0.883. The first-order valence-corrected chi connectivity index (χ1v) is 6.88. The van der Waals surface area contributed by atoms with Crippen molar-refractivity contribution in [2.45, 2.75) is 20.3 Å². The fourth-order valence-electron chi connectivity index (χ4n) is 1.78. The summed E-state index contributed by atoms with van der Waals surface area (Å²) in [5.41, 5.74) is 1.24. The lowest BCUT2D eigenvalue weighted by atomic mass is 10.2. The average Bonchev–Trinajstić information content (AvgIpc) is 2.49. The van der Waals surface area contributed by atoms with Gasteiger partial charge in [0.25, 0.3) is 5.91 Å². The molecule has 0 atom stereocenters. The molecule has 1 amide bonds. The Bertz CT molecular complexity index is 643. The Hall–Kier alpha value is -2.43. The first-order chi connectivity index (χ1) is 10.1. The van der Waals surface area contributed by atoms with Crippen LogP contribution in [0.3, 0.4) is 0 Å². The number of anilines is 2. The fraction of sp³-hybridized carbons (Fsp3) is 0.250. The van der Waals surface area contributed by atoms with Crippen molar-refractivity contribution < 1.29 is 9.18 Å². The van der Waals surface area contributed by atoms with E-state index < -0.39 is 0 Å². The van der Waals surface area contributed by atoms with Gasteiger partial charge in [0.05, 0.1) is 0 Å². The molecule has 0 fully saturated rings. The monoisotopic (exact) mass is 287 g/mol. The topological polar surface area (TPSA) is 54.0 Å². The maximum Gasteiger partial charge on any atom is 0.274 e. The Morgan fingerprint density at radius 3 is 2.81 bits per heavy atom. The van der Waals surface area contributed by atoms with E-state index in [2.05, 4.69) is 22.5 Å². The predicted octanol–water partition coefficient (Wildman–Crippen LogP) is 3.60. The van der Waals surface area contributed by atoms with E-state index in [1.165, 1.54) is 6.07 Å². The zero-order chi connectivity index (χ0) is 15.2. The van der Waals surface area contributed by atoms with Crippen LogP contribution < -0.4 is 10.6 Å². The van der Waals surface area contributed by atoms with E-state index in [4.69, 9.17) is 0 Å². The predicted molar refractivity (Wildman–Crippen MR) is 82.1 cm³/mol. The van der Waals surface area contributed by atoms with E-state index in [0.717, 1.165) is 13.0 Å². The Kier molecular flexibility index (Phi) is 4.87. The van der Waals surface area contributed by atoms with Gasteiger partial charge in [0.1, 0.15) is 17.3 Å². The molecule has 0 aliphatic carbocycles. The molecule has 0 unspecified atom stereocenters. The molecule has 1 aromatic carbocycles. The number of nitrogens with one attached hydrogen (secondary N) is 2. The van der Waals surface area contributed by atoms with Crippen LogP contribution in [0.15, 0.2) is 36.4 Å². The van der Waals surface area contributed by atoms with Gasteiger partial charge in [0, 0.05) is 12.2 Å². The molecule has 2 aromatic rings. The third-order valence-corrected chi connectivity index (χ3v) is 2.97. The van der Waals surface area contributed by atoms with Gasteiger partial charge in [0.2, 0.25) is 0 Å². The van der Waals surface area contributed by atoms with Crippen molar-refractivity contribution in [1.82, 2.24) is 4.98 Å². The van der Waals surface area contributed by atoms with Crippen molar-refractivity contribution in [3.05, 3.63) is 53.5 Å². The molecule has 2 rings (SSSR count). The summed E-state index contributed by atoms with van der Waals surface area (Å²) in [7, 11) is 0. The largest absolute Gasteiger partial charge is 0.370 e. The molecule has 5 heteroatoms. The lowest BCUT2D eigenvalue weighted by molar-refractivity contribution is 0.102. The standard InChI is InChI=1S/C16H18FN3O/c1-3-9-18-15-6-4-5-14(20-15)16(21)19-12-8-7-11(2)13(17)10-12/h4-8,10H,3,9H2,1-2H3,(H,18,20)(H,19,21). The molecule has 1 heterocycles. The number of rotatable bonds is 5. The van der Waals surface area contributed by atoms with Crippen molar-refractivity contribution in [3.63, 3.8) is 0 Å². The molecule has 2 N–H and O–H groups in total. The Balaban J connectivity index is 2.10. The van der Waals surface area contributed by atoms with Crippen LogP contribution in [0.25, 0.3) is 0 Å². The van der Waals surface area contributed by atoms with Gasteiger partial charge in [-0.1, -0.05) is 19.1 Å². The minimum Gasteiger partial charge on any atom is -0.370 e. The van der Waals surface area contributed by atoms with Gasteiger partial charge in [-0.2, -0.15) is 0 Å². The highest BCUT2D eigenvalue weighted by Crippen LogP contribution is 2.15. The molecular formula is C16H18FN3O. The van der Waals surface area contributed by atoms with Gasteiger partial charge >= 0.3 is 0 Å². The number of carbonyl (C=O) groups is 1. The van der Waals surface area contributed by atoms with Crippen molar-refractivity contribution in [2.24, 2.45) is 0 Å². The van der Waals surface area contributed by atoms with Crippen LogP contribution in [0, 0.1) is 12.7 Å². The first-order valence-electron chi connectivity index (χ1n) is 6.88. The molecule has 0 radical (unpaired) electrons. The van der Waals surface area contributed by atoms with Crippen LogP contribution in [-0.2, 0) is 0 Å². The molecule has 0 aliphatic heterocycles. The number of benzene rings is 1. The molecule has 0 spiro atoms. The van der Waals surface area contributed by atoms with Crippen molar-refractivity contribution in [3.8, 4) is 0 Å². The number of carbonyl (C=O) groups excluding carboxylic acids is 1. The molecule has 110 valence electrons. The Morgan fingerprint density at radius 2 is 2.10 bits per heavy atom. The number of nitrogens with zero attached hydrogens (tertiary/aromatic N) is 1. The van der Waals surface area contributed by atoms with Gasteiger partial charge in [-0.05, 0) is 43.2 Å². The molecule has 0 aliphatic rings. The molecule has 0 bridgehead atoms. The molecule has 0 saturated carbocycles. The summed E-state index contributed by atoms with van der Waals surface area (Å²) in [6, 6.07) is 9.77. The summed E-state index contributed by atoms with van der Waals surface area (Å²) < 4.78 is 13.5. The van der Waals surface area contributed by atoms with Gasteiger partial charge in [-0.3, -0.25) is 4.79 Å². The average molecular weight is 287 g/mol. The van der Waals surface area contributed by atoms with E-state index in [9.17, 15) is 9.18 Å². The summed E-state index contributed by atoms with van der Waals surface area (Å²) >= 11 is 0. The Labute approximate surface area is 123 Å². The zero-order valence-electron chi connectivity index (χ0n) is 12.1. The van der Waals surface area contributed by atoms with Crippen LogP contribution in [0.5, 0.6) is 0 Å². The molecular weight excluding hydrogens is 269 g/mol. The van der Waals surface area contributed by atoms with E-state index in [1.54, 1.807) is 37.3 Å².